The van der Waals surface area contributed by atoms with E-state index in [1.165, 1.54) is 23.1 Å². The normalized spacial score (nSPS) is 12.2. The fraction of sp³-hybridized carbons (Fsp3) is 0.259. The number of nitrogens with zero attached hydrogens (tertiary/aromatic N) is 2. The molecule has 7 nitrogen and oxygen atoms in total. The van der Waals surface area contributed by atoms with E-state index >= 15 is 0 Å². The Balaban J connectivity index is 2.05. The molecule has 0 aromatic heterocycles. The summed E-state index contributed by atoms with van der Waals surface area (Å²) >= 11 is 9.38. The highest BCUT2D eigenvalue weighted by Gasteiger charge is 2.33. The average Bonchev–Trinajstić information content (AvgIpc) is 2.87. The lowest BCUT2D eigenvalue weighted by atomic mass is 10.1. The second-order valence-corrected chi connectivity index (χ2v) is 12.1. The Bertz CT molecular complexity index is 1410. The van der Waals surface area contributed by atoms with Crippen molar-refractivity contribution in [3.05, 3.63) is 93.7 Å². The minimum Gasteiger partial charge on any atom is -0.352 e. The number of rotatable bonds is 10. The molecule has 2 amide bonds. The molecule has 0 heterocycles. The molecule has 0 saturated carbocycles. The second-order valence-electron chi connectivity index (χ2n) is 8.91. The van der Waals surface area contributed by atoms with Gasteiger partial charge in [0.2, 0.25) is 11.8 Å². The number of sulfonamides is 1. The van der Waals surface area contributed by atoms with Crippen LogP contribution in [0.1, 0.15) is 26.3 Å². The number of benzene rings is 3. The largest absolute Gasteiger partial charge is 0.352 e. The molecule has 0 bridgehead atoms. The first-order valence-corrected chi connectivity index (χ1v) is 14.4. The summed E-state index contributed by atoms with van der Waals surface area (Å²) in [4.78, 5) is 28.0. The number of anilines is 1. The van der Waals surface area contributed by atoms with Gasteiger partial charge in [0, 0.05) is 17.1 Å². The van der Waals surface area contributed by atoms with Crippen LogP contribution in [0.25, 0.3) is 0 Å². The molecule has 3 aromatic rings. The molecule has 0 unspecified atom stereocenters. The lowest BCUT2D eigenvalue weighted by Gasteiger charge is -2.32. The minimum absolute atomic E-state index is 0.00953. The van der Waals surface area contributed by atoms with Crippen molar-refractivity contribution in [3.63, 3.8) is 0 Å². The maximum Gasteiger partial charge on any atom is 0.264 e. The zero-order valence-electron chi connectivity index (χ0n) is 21.1. The Morgan fingerprint density at radius 2 is 1.68 bits per heavy atom. The molecule has 0 aliphatic heterocycles. The van der Waals surface area contributed by atoms with E-state index in [0.717, 1.165) is 26.5 Å². The third-order valence-corrected chi connectivity index (χ3v) is 8.21. The summed E-state index contributed by atoms with van der Waals surface area (Å²) in [5, 5.41) is 2.50. The first-order valence-electron chi connectivity index (χ1n) is 11.8. The summed E-state index contributed by atoms with van der Waals surface area (Å²) in [6.45, 7) is 4.59. The van der Waals surface area contributed by atoms with Gasteiger partial charge in [0.05, 0.1) is 15.6 Å². The summed E-state index contributed by atoms with van der Waals surface area (Å²) in [7, 11) is -4.26. The highest BCUT2D eigenvalue weighted by Crippen LogP contribution is 2.28. The smallest absolute Gasteiger partial charge is 0.264 e. The van der Waals surface area contributed by atoms with Crippen LogP contribution in [-0.2, 0) is 26.2 Å². The molecule has 0 aliphatic carbocycles. The average molecular weight is 625 g/mol. The Morgan fingerprint density at radius 3 is 2.29 bits per heavy atom. The summed E-state index contributed by atoms with van der Waals surface area (Å²) in [6.07, 6.45) is 0. The number of halogens is 3. The molecule has 0 fully saturated rings. The lowest BCUT2D eigenvalue weighted by molar-refractivity contribution is -0.139. The first kappa shape index (κ1) is 29.6. The SMILES string of the molecule is CC(C)NC(=O)[C@@H](C)N(Cc1cccc(Br)c1)C(=O)CN(c1ccc(F)c(Cl)c1)S(=O)(=O)c1ccccc1. The van der Waals surface area contributed by atoms with E-state index < -0.39 is 34.3 Å². The van der Waals surface area contributed by atoms with Crippen molar-refractivity contribution in [1.82, 2.24) is 10.2 Å². The molecule has 3 rings (SSSR count). The Kier molecular flexibility index (Phi) is 9.92. The molecular formula is C27H28BrClFN3O4S. The molecule has 1 N–H and O–H groups in total. The molecule has 0 radical (unpaired) electrons. The number of carbonyl (C=O) groups is 2. The van der Waals surface area contributed by atoms with Crippen LogP contribution in [0.5, 0.6) is 0 Å². The van der Waals surface area contributed by atoms with Crippen LogP contribution >= 0.6 is 27.5 Å². The maximum absolute atomic E-state index is 13.9. The number of carbonyl (C=O) groups excluding carboxylic acids is 2. The van der Waals surface area contributed by atoms with Crippen LogP contribution in [0.3, 0.4) is 0 Å². The summed E-state index contributed by atoms with van der Waals surface area (Å²) in [5.74, 6) is -1.74. The van der Waals surface area contributed by atoms with Crippen molar-refractivity contribution in [3.8, 4) is 0 Å². The monoisotopic (exact) mass is 623 g/mol. The predicted molar refractivity (Wildman–Crippen MR) is 150 cm³/mol. The lowest BCUT2D eigenvalue weighted by Crippen LogP contribution is -2.52. The summed E-state index contributed by atoms with van der Waals surface area (Å²) < 4.78 is 42.9. The van der Waals surface area contributed by atoms with Crippen LogP contribution in [0.4, 0.5) is 10.1 Å². The van der Waals surface area contributed by atoms with E-state index in [1.54, 1.807) is 51.1 Å². The van der Waals surface area contributed by atoms with Gasteiger partial charge in [0.25, 0.3) is 10.0 Å². The summed E-state index contributed by atoms with van der Waals surface area (Å²) in [6, 6.07) is 17.2. The maximum atomic E-state index is 13.9. The van der Waals surface area contributed by atoms with Gasteiger partial charge >= 0.3 is 0 Å². The van der Waals surface area contributed by atoms with Crippen molar-refractivity contribution in [2.24, 2.45) is 0 Å². The van der Waals surface area contributed by atoms with Crippen molar-refractivity contribution in [1.29, 1.82) is 0 Å². The van der Waals surface area contributed by atoms with E-state index in [4.69, 9.17) is 11.6 Å². The topological polar surface area (TPSA) is 86.8 Å². The van der Waals surface area contributed by atoms with E-state index in [0.29, 0.717) is 0 Å². The Hall–Kier alpha value is -2.95. The van der Waals surface area contributed by atoms with Gasteiger partial charge < -0.3 is 10.2 Å². The van der Waals surface area contributed by atoms with Gasteiger partial charge in [0.1, 0.15) is 18.4 Å². The van der Waals surface area contributed by atoms with E-state index in [2.05, 4.69) is 21.2 Å². The number of hydrogen-bond donors (Lipinski definition) is 1. The zero-order chi connectivity index (χ0) is 28.0. The molecule has 0 spiro atoms. The first-order chi connectivity index (χ1) is 17.9. The van der Waals surface area contributed by atoms with E-state index in [1.807, 2.05) is 12.1 Å². The van der Waals surface area contributed by atoms with Crippen LogP contribution in [-0.4, -0.2) is 43.8 Å². The standard InChI is InChI=1S/C27H28BrClFN3O4S/c1-18(2)31-27(35)19(3)32(16-20-8-7-9-21(28)14-20)26(34)17-33(22-12-13-25(30)24(29)15-22)38(36,37)23-10-5-4-6-11-23/h4-15,18-19H,16-17H2,1-3H3,(H,31,35)/t19-/m1/s1. The number of hydrogen-bond acceptors (Lipinski definition) is 4. The molecule has 0 saturated heterocycles. The van der Waals surface area contributed by atoms with Gasteiger partial charge in [-0.1, -0.05) is 57.9 Å². The summed E-state index contributed by atoms with van der Waals surface area (Å²) in [5.41, 5.74) is 0.745. The third-order valence-electron chi connectivity index (χ3n) is 5.64. The zero-order valence-corrected chi connectivity index (χ0v) is 24.2. The van der Waals surface area contributed by atoms with Gasteiger partial charge in [-0.15, -0.1) is 0 Å². The number of nitrogens with one attached hydrogen (secondary N) is 1. The van der Waals surface area contributed by atoms with Crippen molar-refractivity contribution >= 4 is 55.1 Å². The van der Waals surface area contributed by atoms with Gasteiger partial charge in [-0.2, -0.15) is 0 Å². The van der Waals surface area contributed by atoms with Crippen molar-refractivity contribution in [2.75, 3.05) is 10.8 Å². The second kappa shape index (κ2) is 12.7. The Morgan fingerprint density at radius 1 is 1.00 bits per heavy atom. The molecule has 3 aromatic carbocycles. The minimum atomic E-state index is -4.26. The molecular weight excluding hydrogens is 597 g/mol. The van der Waals surface area contributed by atoms with Crippen LogP contribution in [0.2, 0.25) is 5.02 Å². The van der Waals surface area contributed by atoms with Crippen molar-refractivity contribution < 1.29 is 22.4 Å². The van der Waals surface area contributed by atoms with Gasteiger partial charge in [-0.25, -0.2) is 12.8 Å². The van der Waals surface area contributed by atoms with Gasteiger partial charge in [-0.05, 0) is 68.8 Å². The van der Waals surface area contributed by atoms with Crippen LogP contribution in [0, 0.1) is 5.82 Å². The van der Waals surface area contributed by atoms with Gasteiger partial charge in [0.15, 0.2) is 0 Å². The van der Waals surface area contributed by atoms with Crippen LogP contribution in [0.15, 0.2) is 82.2 Å². The van der Waals surface area contributed by atoms with E-state index in [-0.39, 0.29) is 34.1 Å². The van der Waals surface area contributed by atoms with Crippen molar-refractivity contribution in [2.45, 2.75) is 44.3 Å². The molecule has 11 heteroatoms. The molecule has 38 heavy (non-hydrogen) atoms. The third kappa shape index (κ3) is 7.33. The Labute approximate surface area is 235 Å². The highest BCUT2D eigenvalue weighted by atomic mass is 79.9. The quantitative estimate of drug-likeness (QED) is 0.328. The highest BCUT2D eigenvalue weighted by molar-refractivity contribution is 9.10. The fourth-order valence-corrected chi connectivity index (χ4v) is 5.76. The van der Waals surface area contributed by atoms with Gasteiger partial charge in [-0.3, -0.25) is 13.9 Å². The molecule has 202 valence electrons. The number of amides is 2. The fourth-order valence-electron chi connectivity index (χ4n) is 3.71. The predicted octanol–water partition coefficient (Wildman–Crippen LogP) is 5.38. The van der Waals surface area contributed by atoms with E-state index in [9.17, 15) is 22.4 Å². The molecule has 0 aliphatic rings. The van der Waals surface area contributed by atoms with Crippen LogP contribution < -0.4 is 9.62 Å². The molecule has 1 atom stereocenters.